The van der Waals surface area contributed by atoms with Gasteiger partial charge in [0.2, 0.25) is 11.8 Å². The summed E-state index contributed by atoms with van der Waals surface area (Å²) >= 11 is 0. The fraction of sp³-hybridized carbons (Fsp3) is 0.538. The van der Waals surface area contributed by atoms with Gasteiger partial charge in [0.05, 0.1) is 17.9 Å². The van der Waals surface area contributed by atoms with Crippen molar-refractivity contribution in [2.45, 2.75) is 38.2 Å². The Kier molecular flexibility index (Phi) is 8.85. The summed E-state index contributed by atoms with van der Waals surface area (Å²) in [5, 5.41) is 2.49. The molecular formula is C13H18ClF4N3O2. The summed E-state index contributed by atoms with van der Waals surface area (Å²) in [5.41, 5.74) is 5.91. The number of aromatic nitrogens is 1. The molecule has 0 aliphatic heterocycles. The Balaban J connectivity index is 0.00000484. The van der Waals surface area contributed by atoms with Crippen LogP contribution in [0.5, 0.6) is 5.88 Å². The highest BCUT2D eigenvalue weighted by atomic mass is 35.5. The van der Waals surface area contributed by atoms with E-state index in [0.717, 1.165) is 12.6 Å². The van der Waals surface area contributed by atoms with Gasteiger partial charge in [-0.2, -0.15) is 8.78 Å². The van der Waals surface area contributed by atoms with E-state index in [9.17, 15) is 22.4 Å². The molecule has 0 bridgehead atoms. The first-order valence-electron chi connectivity index (χ1n) is 6.57. The van der Waals surface area contributed by atoms with Gasteiger partial charge in [-0.15, -0.1) is 12.4 Å². The Bertz CT molecular complexity index is 489. The second kappa shape index (κ2) is 9.51. The predicted octanol–water partition coefficient (Wildman–Crippen LogP) is 2.85. The molecule has 1 unspecified atom stereocenters. The van der Waals surface area contributed by atoms with Gasteiger partial charge in [-0.3, -0.25) is 4.79 Å². The van der Waals surface area contributed by atoms with Gasteiger partial charge in [-0.1, -0.05) is 13.3 Å². The number of nitrogens with two attached hydrogens (primary N) is 1. The molecule has 0 saturated heterocycles. The third-order valence-electron chi connectivity index (χ3n) is 2.67. The maximum atomic E-state index is 12.7. The zero-order chi connectivity index (χ0) is 16.8. The molecule has 1 aromatic rings. The van der Waals surface area contributed by atoms with Crippen LogP contribution in [0.2, 0.25) is 0 Å². The lowest BCUT2D eigenvalue weighted by molar-refractivity contribution is -0.148. The number of pyridine rings is 1. The molecule has 23 heavy (non-hydrogen) atoms. The molecular weight excluding hydrogens is 342 g/mol. The fourth-order valence-electron chi connectivity index (χ4n) is 1.45. The summed E-state index contributed by atoms with van der Waals surface area (Å²) in [7, 11) is 0. The van der Waals surface area contributed by atoms with Crippen molar-refractivity contribution in [3.63, 3.8) is 0 Å². The average Bonchev–Trinajstić information content (AvgIpc) is 2.46. The maximum Gasteiger partial charge on any atom is 0.340 e. The average molecular weight is 360 g/mol. The van der Waals surface area contributed by atoms with Crippen LogP contribution in [0.15, 0.2) is 18.3 Å². The van der Waals surface area contributed by atoms with Gasteiger partial charge in [-0.05, 0) is 12.5 Å². The molecule has 1 atom stereocenters. The van der Waals surface area contributed by atoms with E-state index in [-0.39, 0.29) is 18.3 Å². The number of rotatable bonds is 8. The zero-order valence-electron chi connectivity index (χ0n) is 12.3. The van der Waals surface area contributed by atoms with Crippen molar-refractivity contribution in [2.75, 3.05) is 11.9 Å². The number of hydrogen-bond donors (Lipinski definition) is 2. The van der Waals surface area contributed by atoms with E-state index in [1.165, 1.54) is 12.1 Å². The number of hydrogen-bond acceptors (Lipinski definition) is 4. The highest BCUT2D eigenvalue weighted by Gasteiger charge is 2.41. The molecule has 0 spiro atoms. The van der Waals surface area contributed by atoms with E-state index in [1.54, 1.807) is 0 Å². The number of halogens is 5. The molecule has 0 fully saturated rings. The Morgan fingerprint density at radius 2 is 2.09 bits per heavy atom. The minimum absolute atomic E-state index is 0. The van der Waals surface area contributed by atoms with Crippen molar-refractivity contribution in [2.24, 2.45) is 5.73 Å². The van der Waals surface area contributed by atoms with Crippen LogP contribution < -0.4 is 15.8 Å². The molecule has 1 heterocycles. The molecule has 1 aromatic heterocycles. The molecule has 0 radical (unpaired) electrons. The highest BCUT2D eigenvalue weighted by Crippen LogP contribution is 2.24. The minimum Gasteiger partial charge on any atom is -0.471 e. The van der Waals surface area contributed by atoms with Crippen molar-refractivity contribution in [3.05, 3.63) is 18.3 Å². The van der Waals surface area contributed by atoms with Crippen molar-refractivity contribution < 1.29 is 27.1 Å². The first kappa shape index (κ1) is 21.4. The minimum atomic E-state index is -4.25. The second-order valence-corrected chi connectivity index (χ2v) is 4.62. The van der Waals surface area contributed by atoms with Crippen molar-refractivity contribution in [3.8, 4) is 5.88 Å². The number of alkyl halides is 4. The van der Waals surface area contributed by atoms with E-state index in [1.807, 2.05) is 6.92 Å². The summed E-state index contributed by atoms with van der Waals surface area (Å²) in [6, 6.07) is 1.87. The number of ether oxygens (including phenoxy) is 1. The van der Waals surface area contributed by atoms with Crippen molar-refractivity contribution >= 4 is 24.0 Å². The quantitative estimate of drug-likeness (QED) is 0.700. The molecule has 1 rings (SSSR count). The number of nitrogens with one attached hydrogen (secondary N) is 1. The van der Waals surface area contributed by atoms with Gasteiger partial charge in [0, 0.05) is 6.07 Å². The second-order valence-electron chi connectivity index (χ2n) is 4.62. The van der Waals surface area contributed by atoms with Crippen LogP contribution in [0.1, 0.15) is 19.8 Å². The zero-order valence-corrected chi connectivity index (χ0v) is 13.1. The number of nitrogens with zero attached hydrogens (tertiary/aromatic N) is 1. The van der Waals surface area contributed by atoms with Crippen molar-refractivity contribution in [1.29, 1.82) is 0 Å². The Morgan fingerprint density at radius 3 is 2.57 bits per heavy atom. The molecule has 132 valence electrons. The normalized spacial score (nSPS) is 12.5. The number of amides is 1. The van der Waals surface area contributed by atoms with Gasteiger partial charge in [0.1, 0.15) is 0 Å². The van der Waals surface area contributed by atoms with E-state index < -0.39 is 30.9 Å². The van der Waals surface area contributed by atoms with E-state index in [2.05, 4.69) is 15.0 Å². The summed E-state index contributed by atoms with van der Waals surface area (Å²) in [6.45, 7) is 0.404. The molecule has 3 N–H and O–H groups in total. The van der Waals surface area contributed by atoms with Crippen LogP contribution in [0.25, 0.3) is 0 Å². The van der Waals surface area contributed by atoms with Gasteiger partial charge >= 0.3 is 12.3 Å². The fourth-order valence-corrected chi connectivity index (χ4v) is 1.45. The van der Waals surface area contributed by atoms with E-state index >= 15 is 0 Å². The largest absolute Gasteiger partial charge is 0.471 e. The summed E-state index contributed by atoms with van der Waals surface area (Å²) < 4.78 is 53.7. The molecule has 0 aliphatic carbocycles. The highest BCUT2D eigenvalue weighted by molar-refractivity contribution is 5.94. The Morgan fingerprint density at radius 1 is 1.43 bits per heavy atom. The third kappa shape index (κ3) is 7.00. The maximum absolute atomic E-state index is 12.7. The summed E-state index contributed by atoms with van der Waals surface area (Å²) in [4.78, 5) is 15.3. The monoisotopic (exact) mass is 359 g/mol. The lowest BCUT2D eigenvalue weighted by Gasteiger charge is -2.15. The smallest absolute Gasteiger partial charge is 0.340 e. The summed E-state index contributed by atoms with van der Waals surface area (Å²) in [6.07, 6.45) is -1.39. The SMILES string of the molecule is CCCC(N)C(=O)Nc1ccc(OCC(F)(F)C(F)F)nc1.Cl. The molecule has 0 aromatic carbocycles. The Labute approximate surface area is 137 Å². The van der Waals surface area contributed by atoms with Crippen molar-refractivity contribution in [1.82, 2.24) is 4.98 Å². The molecule has 1 amide bonds. The first-order chi connectivity index (χ1) is 10.3. The Hall–Kier alpha value is -1.61. The van der Waals surface area contributed by atoms with Gasteiger partial charge in [0.15, 0.2) is 6.61 Å². The lowest BCUT2D eigenvalue weighted by atomic mass is 10.1. The summed E-state index contributed by atoms with van der Waals surface area (Å²) in [5.74, 6) is -4.90. The number of anilines is 1. The topological polar surface area (TPSA) is 77.2 Å². The van der Waals surface area contributed by atoms with E-state index in [4.69, 9.17) is 5.73 Å². The van der Waals surface area contributed by atoms with E-state index in [0.29, 0.717) is 12.1 Å². The molecule has 0 aliphatic rings. The van der Waals surface area contributed by atoms with Gasteiger partial charge < -0.3 is 15.8 Å². The lowest BCUT2D eigenvalue weighted by Crippen LogP contribution is -2.35. The van der Waals surface area contributed by atoms with Gasteiger partial charge in [0.25, 0.3) is 0 Å². The van der Waals surface area contributed by atoms with Gasteiger partial charge in [-0.25, -0.2) is 13.8 Å². The predicted molar refractivity (Wildman–Crippen MR) is 79.4 cm³/mol. The molecule has 10 heteroatoms. The van der Waals surface area contributed by atoms with Crippen LogP contribution in [0.4, 0.5) is 23.2 Å². The van der Waals surface area contributed by atoms with Crippen LogP contribution in [0.3, 0.4) is 0 Å². The van der Waals surface area contributed by atoms with Crippen LogP contribution in [-0.2, 0) is 4.79 Å². The number of carbonyl (C=O) groups excluding carboxylic acids is 1. The number of carbonyl (C=O) groups is 1. The van der Waals surface area contributed by atoms with Crippen LogP contribution in [0, 0.1) is 0 Å². The molecule has 0 saturated carbocycles. The first-order valence-corrected chi connectivity index (χ1v) is 6.57. The van der Waals surface area contributed by atoms with Crippen LogP contribution >= 0.6 is 12.4 Å². The standard InChI is InChI=1S/C13H17F4N3O2.ClH/c1-2-3-9(18)11(21)20-8-4-5-10(19-6-8)22-7-13(16,17)12(14)15;/h4-6,9,12H,2-3,7,18H2,1H3,(H,20,21);1H. The molecule has 5 nitrogen and oxygen atoms in total. The third-order valence-corrected chi connectivity index (χ3v) is 2.67. The van der Waals surface area contributed by atoms with Crippen LogP contribution in [-0.4, -0.2) is 35.9 Å².